The third-order valence-electron chi connectivity index (χ3n) is 6.10. The molecule has 1 N–H and O–H groups in total. The summed E-state index contributed by atoms with van der Waals surface area (Å²) in [5.74, 6) is -0.638. The van der Waals surface area contributed by atoms with E-state index < -0.39 is 28.5 Å². The van der Waals surface area contributed by atoms with Crippen LogP contribution in [0.15, 0.2) is 77.7 Å². The van der Waals surface area contributed by atoms with Crippen LogP contribution in [0.25, 0.3) is 0 Å². The summed E-state index contributed by atoms with van der Waals surface area (Å²) >= 11 is 12.3. The van der Waals surface area contributed by atoms with Crippen molar-refractivity contribution in [3.8, 4) is 5.75 Å². The van der Waals surface area contributed by atoms with Crippen LogP contribution in [0.4, 0.5) is 5.69 Å². The molecule has 0 aliphatic rings. The number of anilines is 1. The van der Waals surface area contributed by atoms with Crippen LogP contribution in [0.5, 0.6) is 5.75 Å². The molecule has 214 valence electrons. The highest BCUT2D eigenvalue weighted by atomic mass is 35.5. The zero-order valence-electron chi connectivity index (χ0n) is 22.6. The van der Waals surface area contributed by atoms with E-state index in [1.807, 2.05) is 6.92 Å². The van der Waals surface area contributed by atoms with Gasteiger partial charge in [0.2, 0.25) is 11.8 Å². The Labute approximate surface area is 245 Å². The van der Waals surface area contributed by atoms with Crippen molar-refractivity contribution >= 4 is 50.7 Å². The largest absolute Gasteiger partial charge is 0.492 e. The van der Waals surface area contributed by atoms with E-state index in [-0.39, 0.29) is 23.0 Å². The van der Waals surface area contributed by atoms with Gasteiger partial charge < -0.3 is 15.0 Å². The lowest BCUT2D eigenvalue weighted by molar-refractivity contribution is -0.139. The van der Waals surface area contributed by atoms with Gasteiger partial charge in [0, 0.05) is 13.1 Å². The summed E-state index contributed by atoms with van der Waals surface area (Å²) in [5, 5.41) is 3.46. The van der Waals surface area contributed by atoms with Crippen LogP contribution in [0.1, 0.15) is 32.8 Å². The van der Waals surface area contributed by atoms with E-state index in [2.05, 4.69) is 5.32 Å². The lowest BCUT2D eigenvalue weighted by atomic mass is 10.1. The van der Waals surface area contributed by atoms with E-state index in [0.29, 0.717) is 34.5 Å². The number of nitrogens with zero attached hydrogens (tertiary/aromatic N) is 2. The average molecular weight is 607 g/mol. The smallest absolute Gasteiger partial charge is 0.264 e. The van der Waals surface area contributed by atoms with Crippen molar-refractivity contribution in [2.45, 2.75) is 44.7 Å². The predicted molar refractivity (Wildman–Crippen MR) is 158 cm³/mol. The second-order valence-corrected chi connectivity index (χ2v) is 11.6. The number of nitrogens with one attached hydrogen (secondary N) is 1. The number of benzene rings is 3. The van der Waals surface area contributed by atoms with Gasteiger partial charge in [-0.05, 0) is 62.2 Å². The highest BCUT2D eigenvalue weighted by Gasteiger charge is 2.33. The molecule has 0 unspecified atom stereocenters. The predicted octanol–water partition coefficient (Wildman–Crippen LogP) is 5.53. The Bertz CT molecular complexity index is 1420. The summed E-state index contributed by atoms with van der Waals surface area (Å²) in [6.45, 7) is 5.47. The van der Waals surface area contributed by atoms with Crippen LogP contribution in [0, 0.1) is 0 Å². The fourth-order valence-corrected chi connectivity index (χ4v) is 5.75. The van der Waals surface area contributed by atoms with Crippen molar-refractivity contribution in [3.63, 3.8) is 0 Å². The van der Waals surface area contributed by atoms with Crippen molar-refractivity contribution in [1.29, 1.82) is 0 Å². The van der Waals surface area contributed by atoms with E-state index in [0.717, 1.165) is 10.7 Å². The SMILES string of the molecule is CCCNC(=O)[C@H](C)N(Cc1ccc(Cl)c(Cl)c1)C(=O)CN(c1ccccc1OCC)S(=O)(=O)c1ccccc1. The summed E-state index contributed by atoms with van der Waals surface area (Å²) in [4.78, 5) is 28.3. The van der Waals surface area contributed by atoms with E-state index >= 15 is 0 Å². The number of hydrogen-bond acceptors (Lipinski definition) is 5. The third kappa shape index (κ3) is 7.68. The highest BCUT2D eigenvalue weighted by molar-refractivity contribution is 7.92. The van der Waals surface area contributed by atoms with Crippen molar-refractivity contribution in [3.05, 3.63) is 88.4 Å². The molecule has 0 fully saturated rings. The number of carbonyl (C=O) groups excluding carboxylic acids is 2. The van der Waals surface area contributed by atoms with E-state index in [4.69, 9.17) is 27.9 Å². The van der Waals surface area contributed by atoms with Gasteiger partial charge in [-0.2, -0.15) is 0 Å². The second-order valence-electron chi connectivity index (χ2n) is 8.96. The van der Waals surface area contributed by atoms with Crippen LogP contribution in [0.3, 0.4) is 0 Å². The van der Waals surface area contributed by atoms with Crippen molar-refractivity contribution in [2.24, 2.45) is 0 Å². The molecule has 40 heavy (non-hydrogen) atoms. The first-order valence-electron chi connectivity index (χ1n) is 12.9. The molecule has 0 aliphatic heterocycles. The quantitative estimate of drug-likeness (QED) is 0.276. The van der Waals surface area contributed by atoms with E-state index in [1.165, 1.54) is 17.0 Å². The Morgan fingerprint density at radius 2 is 1.62 bits per heavy atom. The number of rotatable bonds is 13. The third-order valence-corrected chi connectivity index (χ3v) is 8.61. The Morgan fingerprint density at radius 1 is 0.950 bits per heavy atom. The molecule has 0 aromatic heterocycles. The molecular formula is C29H33Cl2N3O5S. The standard InChI is InChI=1S/C29H33Cl2N3O5S/c1-4-17-32-29(36)21(3)33(19-22-15-16-24(30)25(31)18-22)28(35)20-34(26-13-9-10-14-27(26)39-5-2)40(37,38)23-11-7-6-8-12-23/h6-16,18,21H,4-5,17,19-20H2,1-3H3,(H,32,36)/t21-/m0/s1. The van der Waals surface area contributed by atoms with Gasteiger partial charge >= 0.3 is 0 Å². The van der Waals surface area contributed by atoms with Crippen LogP contribution >= 0.6 is 23.2 Å². The normalized spacial score (nSPS) is 11.9. The van der Waals surface area contributed by atoms with Gasteiger partial charge in [-0.1, -0.05) is 66.5 Å². The van der Waals surface area contributed by atoms with Crippen LogP contribution in [0.2, 0.25) is 10.0 Å². The fraction of sp³-hybridized carbons (Fsp3) is 0.310. The molecule has 0 bridgehead atoms. The average Bonchev–Trinajstić information content (AvgIpc) is 2.95. The van der Waals surface area contributed by atoms with Crippen LogP contribution in [-0.4, -0.2) is 50.9 Å². The summed E-state index contributed by atoms with van der Waals surface area (Å²) < 4.78 is 34.6. The van der Waals surface area contributed by atoms with Crippen molar-refractivity contribution in [2.75, 3.05) is 24.0 Å². The monoisotopic (exact) mass is 605 g/mol. The molecule has 2 amide bonds. The molecule has 1 atom stereocenters. The fourth-order valence-electron chi connectivity index (χ4n) is 3.99. The Balaban J connectivity index is 2.07. The zero-order chi connectivity index (χ0) is 29.3. The number of halogens is 2. The van der Waals surface area contributed by atoms with Crippen LogP contribution < -0.4 is 14.4 Å². The minimum absolute atomic E-state index is 0.00274. The lowest BCUT2D eigenvalue weighted by Crippen LogP contribution is -2.51. The van der Waals surface area contributed by atoms with Gasteiger partial charge in [-0.3, -0.25) is 13.9 Å². The van der Waals surface area contributed by atoms with E-state index in [1.54, 1.807) is 74.5 Å². The van der Waals surface area contributed by atoms with Crippen molar-refractivity contribution < 1.29 is 22.7 Å². The maximum absolute atomic E-state index is 14.0. The molecule has 0 saturated heterocycles. The number of hydrogen-bond donors (Lipinski definition) is 1. The molecule has 0 radical (unpaired) electrons. The Hall–Kier alpha value is -3.27. The molecule has 0 spiro atoms. The zero-order valence-corrected chi connectivity index (χ0v) is 25.0. The Morgan fingerprint density at radius 3 is 2.27 bits per heavy atom. The highest BCUT2D eigenvalue weighted by Crippen LogP contribution is 2.33. The molecule has 3 aromatic carbocycles. The summed E-state index contributed by atoms with van der Waals surface area (Å²) in [6.07, 6.45) is 0.719. The number of ether oxygens (including phenoxy) is 1. The number of amides is 2. The van der Waals surface area contributed by atoms with Gasteiger partial charge in [0.05, 0.1) is 27.2 Å². The maximum atomic E-state index is 14.0. The molecule has 8 nitrogen and oxygen atoms in total. The second kappa shape index (κ2) is 14.4. The Kier molecular flexibility index (Phi) is 11.2. The van der Waals surface area contributed by atoms with Crippen LogP contribution in [-0.2, 0) is 26.2 Å². The minimum Gasteiger partial charge on any atom is -0.492 e. The van der Waals surface area contributed by atoms with Gasteiger partial charge in [0.15, 0.2) is 0 Å². The van der Waals surface area contributed by atoms with Gasteiger partial charge in [0.25, 0.3) is 10.0 Å². The number of para-hydroxylation sites is 2. The molecule has 3 aromatic rings. The maximum Gasteiger partial charge on any atom is 0.264 e. The van der Waals surface area contributed by atoms with E-state index in [9.17, 15) is 18.0 Å². The first kappa shape index (κ1) is 31.3. The van der Waals surface area contributed by atoms with Crippen molar-refractivity contribution in [1.82, 2.24) is 10.2 Å². The minimum atomic E-state index is -4.20. The summed E-state index contributed by atoms with van der Waals surface area (Å²) in [6, 6.07) is 18.5. The molecule has 0 heterocycles. The molecule has 3 rings (SSSR count). The summed E-state index contributed by atoms with van der Waals surface area (Å²) in [5.41, 5.74) is 0.837. The lowest BCUT2D eigenvalue weighted by Gasteiger charge is -2.32. The molecular weight excluding hydrogens is 573 g/mol. The first-order chi connectivity index (χ1) is 19.1. The van der Waals surface area contributed by atoms with Gasteiger partial charge in [-0.25, -0.2) is 8.42 Å². The number of sulfonamides is 1. The topological polar surface area (TPSA) is 96.0 Å². The van der Waals surface area contributed by atoms with Gasteiger partial charge in [0.1, 0.15) is 18.3 Å². The first-order valence-corrected chi connectivity index (χ1v) is 15.1. The molecule has 0 saturated carbocycles. The number of carbonyl (C=O) groups is 2. The molecule has 11 heteroatoms. The summed E-state index contributed by atoms with van der Waals surface area (Å²) in [7, 11) is -4.20. The molecule has 0 aliphatic carbocycles. The van der Waals surface area contributed by atoms with Gasteiger partial charge in [-0.15, -0.1) is 0 Å².